The number of nitrogens with zero attached hydrogens (tertiary/aromatic N) is 3. The van der Waals surface area contributed by atoms with Crippen molar-refractivity contribution in [3.63, 3.8) is 0 Å². The van der Waals surface area contributed by atoms with Crippen molar-refractivity contribution in [1.82, 2.24) is 14.8 Å². The van der Waals surface area contributed by atoms with Crippen LogP contribution in [-0.4, -0.2) is 14.8 Å². The Kier molecular flexibility index (Phi) is 3.66. The van der Waals surface area contributed by atoms with E-state index in [2.05, 4.69) is 10.1 Å². The van der Waals surface area contributed by atoms with Crippen LogP contribution in [0.15, 0.2) is 24.5 Å². The van der Waals surface area contributed by atoms with E-state index >= 15 is 0 Å². The van der Waals surface area contributed by atoms with Gasteiger partial charge in [-0.25, -0.2) is 4.98 Å². The highest BCUT2D eigenvalue weighted by Gasteiger charge is 2.12. The van der Waals surface area contributed by atoms with E-state index in [4.69, 9.17) is 28.9 Å². The molecule has 0 radical (unpaired) electrons. The summed E-state index contributed by atoms with van der Waals surface area (Å²) in [5.74, 6) is 0.837. The van der Waals surface area contributed by atoms with Gasteiger partial charge in [0.15, 0.2) is 0 Å². The van der Waals surface area contributed by atoms with Crippen LogP contribution in [0.1, 0.15) is 17.4 Å². The van der Waals surface area contributed by atoms with Crippen LogP contribution in [0.3, 0.4) is 0 Å². The lowest BCUT2D eigenvalue weighted by Gasteiger charge is -2.12. The molecule has 1 unspecified atom stereocenters. The quantitative estimate of drug-likeness (QED) is 0.932. The van der Waals surface area contributed by atoms with Crippen molar-refractivity contribution in [3.05, 3.63) is 46.0 Å². The van der Waals surface area contributed by atoms with Gasteiger partial charge in [0.25, 0.3) is 0 Å². The predicted molar refractivity (Wildman–Crippen MR) is 68.1 cm³/mol. The summed E-state index contributed by atoms with van der Waals surface area (Å²) in [5.41, 5.74) is 7.02. The number of hydrogen-bond donors (Lipinski definition) is 1. The second-order valence-electron chi connectivity index (χ2n) is 3.78. The van der Waals surface area contributed by atoms with Crippen LogP contribution in [-0.2, 0) is 13.5 Å². The number of rotatable bonds is 3. The summed E-state index contributed by atoms with van der Waals surface area (Å²) in [7, 11) is 1.84. The average Bonchev–Trinajstić information content (AvgIpc) is 2.68. The molecule has 2 rings (SSSR count). The molecule has 1 aromatic heterocycles. The Morgan fingerprint density at radius 2 is 2.12 bits per heavy atom. The lowest BCUT2D eigenvalue weighted by molar-refractivity contribution is 0.629. The molecule has 1 atom stereocenters. The zero-order chi connectivity index (χ0) is 12.4. The fourth-order valence-electron chi connectivity index (χ4n) is 1.56. The summed E-state index contributed by atoms with van der Waals surface area (Å²) in [6, 6.07) is 5.23. The maximum absolute atomic E-state index is 6.09. The van der Waals surface area contributed by atoms with E-state index in [1.165, 1.54) is 6.33 Å². The van der Waals surface area contributed by atoms with Crippen molar-refractivity contribution >= 4 is 23.2 Å². The maximum atomic E-state index is 6.09. The summed E-state index contributed by atoms with van der Waals surface area (Å²) in [4.78, 5) is 4.13. The summed E-state index contributed by atoms with van der Waals surface area (Å²) >= 11 is 11.8. The number of benzene rings is 1. The Bertz CT molecular complexity index is 524. The van der Waals surface area contributed by atoms with Crippen LogP contribution in [0, 0.1) is 0 Å². The minimum atomic E-state index is -0.173. The summed E-state index contributed by atoms with van der Waals surface area (Å²) < 4.78 is 1.71. The van der Waals surface area contributed by atoms with Crippen molar-refractivity contribution in [3.8, 4) is 0 Å². The van der Waals surface area contributed by atoms with Gasteiger partial charge in [-0.2, -0.15) is 5.10 Å². The van der Waals surface area contributed by atoms with Gasteiger partial charge < -0.3 is 5.73 Å². The molecule has 0 spiro atoms. The number of halogens is 2. The fourth-order valence-corrected chi connectivity index (χ4v) is 1.87. The number of aromatic nitrogens is 3. The van der Waals surface area contributed by atoms with Gasteiger partial charge in [-0.15, -0.1) is 0 Å². The molecule has 0 saturated carbocycles. The van der Waals surface area contributed by atoms with Gasteiger partial charge in [-0.1, -0.05) is 29.3 Å². The Hall–Kier alpha value is -1.10. The van der Waals surface area contributed by atoms with Crippen molar-refractivity contribution in [2.45, 2.75) is 12.5 Å². The standard InChI is InChI=1S/C11H12Cl2N4/c1-17-11(15-6-16-17)5-10(14)7-2-3-8(12)9(13)4-7/h2-4,6,10H,5,14H2,1H3. The monoisotopic (exact) mass is 270 g/mol. The smallest absolute Gasteiger partial charge is 0.138 e. The first-order chi connectivity index (χ1) is 8.08. The second-order valence-corrected chi connectivity index (χ2v) is 4.60. The molecule has 2 N–H and O–H groups in total. The third-order valence-corrected chi connectivity index (χ3v) is 3.32. The summed E-state index contributed by atoms with van der Waals surface area (Å²) in [6.07, 6.45) is 2.12. The maximum Gasteiger partial charge on any atom is 0.138 e. The summed E-state index contributed by atoms with van der Waals surface area (Å²) in [6.45, 7) is 0. The third-order valence-electron chi connectivity index (χ3n) is 2.58. The Labute approximate surface area is 109 Å². The Balaban J connectivity index is 2.17. The van der Waals surface area contributed by atoms with E-state index in [1.54, 1.807) is 16.8 Å². The topological polar surface area (TPSA) is 56.7 Å². The minimum Gasteiger partial charge on any atom is -0.324 e. The molecule has 1 heterocycles. The van der Waals surface area contributed by atoms with Gasteiger partial charge in [0.2, 0.25) is 0 Å². The van der Waals surface area contributed by atoms with E-state index in [-0.39, 0.29) is 6.04 Å². The van der Waals surface area contributed by atoms with E-state index < -0.39 is 0 Å². The molecule has 1 aromatic carbocycles. The zero-order valence-corrected chi connectivity index (χ0v) is 10.8. The Morgan fingerprint density at radius 1 is 1.35 bits per heavy atom. The van der Waals surface area contributed by atoms with Crippen LogP contribution in [0.25, 0.3) is 0 Å². The highest BCUT2D eigenvalue weighted by atomic mass is 35.5. The number of aryl methyl sites for hydroxylation is 1. The summed E-state index contributed by atoms with van der Waals surface area (Å²) in [5, 5.41) is 5.04. The van der Waals surface area contributed by atoms with Crippen molar-refractivity contribution in [2.24, 2.45) is 12.8 Å². The van der Waals surface area contributed by atoms with Crippen LogP contribution in [0.4, 0.5) is 0 Å². The fraction of sp³-hybridized carbons (Fsp3) is 0.273. The third kappa shape index (κ3) is 2.77. The van der Waals surface area contributed by atoms with E-state index in [0.717, 1.165) is 11.4 Å². The number of hydrogen-bond acceptors (Lipinski definition) is 3. The first kappa shape index (κ1) is 12.4. The lowest BCUT2D eigenvalue weighted by atomic mass is 10.0. The van der Waals surface area contributed by atoms with E-state index in [9.17, 15) is 0 Å². The molecular weight excluding hydrogens is 259 g/mol. The molecule has 6 heteroatoms. The average molecular weight is 271 g/mol. The second kappa shape index (κ2) is 5.04. The molecule has 0 aliphatic heterocycles. The van der Waals surface area contributed by atoms with Gasteiger partial charge in [0, 0.05) is 19.5 Å². The highest BCUT2D eigenvalue weighted by molar-refractivity contribution is 6.42. The first-order valence-corrected chi connectivity index (χ1v) is 5.87. The van der Waals surface area contributed by atoms with Gasteiger partial charge in [0.1, 0.15) is 12.2 Å². The Morgan fingerprint density at radius 3 is 2.71 bits per heavy atom. The van der Waals surface area contributed by atoms with Gasteiger partial charge in [0.05, 0.1) is 10.0 Å². The van der Waals surface area contributed by atoms with Crippen LogP contribution >= 0.6 is 23.2 Å². The molecule has 4 nitrogen and oxygen atoms in total. The first-order valence-electron chi connectivity index (χ1n) is 5.11. The lowest BCUT2D eigenvalue weighted by Crippen LogP contribution is -2.16. The van der Waals surface area contributed by atoms with E-state index in [1.807, 2.05) is 13.1 Å². The number of nitrogens with two attached hydrogens (primary N) is 1. The molecule has 0 bridgehead atoms. The SMILES string of the molecule is Cn1ncnc1CC(N)c1ccc(Cl)c(Cl)c1. The molecule has 0 fully saturated rings. The highest BCUT2D eigenvalue weighted by Crippen LogP contribution is 2.25. The van der Waals surface area contributed by atoms with Crippen LogP contribution in [0.2, 0.25) is 10.0 Å². The predicted octanol–water partition coefficient (Wildman–Crippen LogP) is 2.36. The van der Waals surface area contributed by atoms with Gasteiger partial charge in [-0.05, 0) is 17.7 Å². The molecule has 90 valence electrons. The molecule has 0 amide bonds. The van der Waals surface area contributed by atoms with Gasteiger partial charge >= 0.3 is 0 Å². The van der Waals surface area contributed by atoms with Crippen molar-refractivity contribution in [2.75, 3.05) is 0 Å². The molecule has 0 aliphatic carbocycles. The molecular formula is C11H12Cl2N4. The van der Waals surface area contributed by atoms with Crippen molar-refractivity contribution < 1.29 is 0 Å². The van der Waals surface area contributed by atoms with Crippen LogP contribution in [0.5, 0.6) is 0 Å². The largest absolute Gasteiger partial charge is 0.324 e. The van der Waals surface area contributed by atoms with Gasteiger partial charge in [-0.3, -0.25) is 4.68 Å². The van der Waals surface area contributed by atoms with Crippen molar-refractivity contribution in [1.29, 1.82) is 0 Å². The van der Waals surface area contributed by atoms with E-state index in [0.29, 0.717) is 16.5 Å². The zero-order valence-electron chi connectivity index (χ0n) is 9.27. The van der Waals surface area contributed by atoms with Crippen LogP contribution < -0.4 is 5.73 Å². The normalized spacial score (nSPS) is 12.7. The molecule has 0 saturated heterocycles. The molecule has 17 heavy (non-hydrogen) atoms. The minimum absolute atomic E-state index is 0.173. The molecule has 0 aliphatic rings. The molecule has 2 aromatic rings.